The number of rotatable bonds is 4. The summed E-state index contributed by atoms with van der Waals surface area (Å²) in [6, 6.07) is 2.30. The molecule has 1 aliphatic carbocycles. The molecular weight excluding hydrogens is 278 g/mol. The number of carbonyl (C=O) groups excluding carboxylic acids is 2. The highest BCUT2D eigenvalue weighted by atomic mass is 16.2. The fourth-order valence-electron chi connectivity index (χ4n) is 3.07. The Balaban J connectivity index is 1.62. The van der Waals surface area contributed by atoms with Gasteiger partial charge in [-0.15, -0.1) is 0 Å². The number of nitrogens with zero attached hydrogens (tertiary/aromatic N) is 2. The van der Waals surface area contributed by atoms with Crippen LogP contribution < -0.4 is 5.32 Å². The van der Waals surface area contributed by atoms with Gasteiger partial charge in [0.15, 0.2) is 0 Å². The third kappa shape index (κ3) is 3.84. The van der Waals surface area contributed by atoms with Crippen molar-refractivity contribution >= 4 is 11.8 Å². The molecule has 22 heavy (non-hydrogen) atoms. The predicted molar refractivity (Wildman–Crippen MR) is 83.4 cm³/mol. The molecule has 2 aliphatic rings. The highest BCUT2D eigenvalue weighted by Gasteiger charge is 2.25. The third-order valence-electron chi connectivity index (χ3n) is 4.46. The number of pyridine rings is 1. The molecule has 1 saturated heterocycles. The number of piperidine rings is 1. The van der Waals surface area contributed by atoms with Gasteiger partial charge in [-0.2, -0.15) is 0 Å². The van der Waals surface area contributed by atoms with Crippen LogP contribution in [0.2, 0.25) is 0 Å². The number of hydrogen-bond donors (Lipinski definition) is 1. The van der Waals surface area contributed by atoms with Crippen LogP contribution >= 0.6 is 0 Å². The molecule has 2 heterocycles. The minimum atomic E-state index is -0.0224. The van der Waals surface area contributed by atoms with E-state index in [0.717, 1.165) is 50.8 Å². The summed E-state index contributed by atoms with van der Waals surface area (Å²) in [5, 5.41) is 2.99. The zero-order valence-corrected chi connectivity index (χ0v) is 13.0. The molecule has 118 valence electrons. The average Bonchev–Trinajstić information content (AvgIpc) is 3.32. The van der Waals surface area contributed by atoms with Crippen molar-refractivity contribution in [1.29, 1.82) is 0 Å². The van der Waals surface area contributed by atoms with Crippen molar-refractivity contribution < 1.29 is 9.59 Å². The normalized spacial score (nSPS) is 21.5. The van der Waals surface area contributed by atoms with Crippen LogP contribution in [0.3, 0.4) is 0 Å². The van der Waals surface area contributed by atoms with Crippen LogP contribution in [0, 0.1) is 5.92 Å². The Morgan fingerprint density at radius 2 is 2.14 bits per heavy atom. The van der Waals surface area contributed by atoms with Gasteiger partial charge >= 0.3 is 0 Å². The summed E-state index contributed by atoms with van der Waals surface area (Å²) in [4.78, 5) is 29.7. The number of nitrogens with one attached hydrogen (secondary N) is 1. The second-order valence-corrected chi connectivity index (χ2v) is 6.51. The van der Waals surface area contributed by atoms with Crippen LogP contribution in [0.5, 0.6) is 0 Å². The lowest BCUT2D eigenvalue weighted by molar-refractivity contribution is -0.130. The van der Waals surface area contributed by atoms with E-state index in [-0.39, 0.29) is 11.8 Å². The Labute approximate surface area is 131 Å². The second-order valence-electron chi connectivity index (χ2n) is 6.51. The minimum absolute atomic E-state index is 0.0224. The molecule has 0 bridgehead atoms. The van der Waals surface area contributed by atoms with Crippen LogP contribution in [0.15, 0.2) is 18.5 Å². The number of hydrogen-bond acceptors (Lipinski definition) is 3. The van der Waals surface area contributed by atoms with Gasteiger partial charge in [-0.3, -0.25) is 14.6 Å². The standard InChI is InChI=1S/C17H23N3O2/c1-12(21)20-6-2-3-13(11-20)7-14-8-15(10-18-9-14)17(22)19-16-4-5-16/h8-10,13,16H,2-7,11H2,1H3,(H,19,22). The molecular formula is C17H23N3O2. The molecule has 0 aromatic carbocycles. The van der Waals surface area contributed by atoms with Gasteiger partial charge in [0.25, 0.3) is 5.91 Å². The molecule has 5 nitrogen and oxygen atoms in total. The molecule has 1 aliphatic heterocycles. The quantitative estimate of drug-likeness (QED) is 0.922. The molecule has 3 rings (SSSR count). The lowest BCUT2D eigenvalue weighted by Gasteiger charge is -2.32. The van der Waals surface area contributed by atoms with Crippen molar-refractivity contribution in [2.45, 2.75) is 45.1 Å². The van der Waals surface area contributed by atoms with Crippen LogP contribution in [0.1, 0.15) is 48.5 Å². The Morgan fingerprint density at radius 1 is 1.32 bits per heavy atom. The maximum Gasteiger partial charge on any atom is 0.253 e. The zero-order chi connectivity index (χ0) is 15.5. The summed E-state index contributed by atoms with van der Waals surface area (Å²) in [5.74, 6) is 0.590. The van der Waals surface area contributed by atoms with Crippen molar-refractivity contribution in [1.82, 2.24) is 15.2 Å². The van der Waals surface area contributed by atoms with E-state index < -0.39 is 0 Å². The fraction of sp³-hybridized carbons (Fsp3) is 0.588. The molecule has 1 aromatic heterocycles. The Kier molecular flexibility index (Phi) is 4.41. The fourth-order valence-corrected chi connectivity index (χ4v) is 3.07. The molecule has 1 atom stereocenters. The van der Waals surface area contributed by atoms with E-state index in [4.69, 9.17) is 0 Å². The van der Waals surface area contributed by atoms with Gasteiger partial charge in [0, 0.05) is 38.4 Å². The van der Waals surface area contributed by atoms with E-state index in [2.05, 4.69) is 10.3 Å². The van der Waals surface area contributed by atoms with E-state index in [1.54, 1.807) is 13.1 Å². The van der Waals surface area contributed by atoms with Gasteiger partial charge in [-0.05, 0) is 49.7 Å². The smallest absolute Gasteiger partial charge is 0.253 e. The SMILES string of the molecule is CC(=O)N1CCCC(Cc2cncc(C(=O)NC3CC3)c2)C1. The molecule has 2 amide bonds. The predicted octanol–water partition coefficient (Wildman–Crippen LogP) is 1.77. The zero-order valence-electron chi connectivity index (χ0n) is 13.0. The van der Waals surface area contributed by atoms with Gasteiger partial charge in [0.2, 0.25) is 5.91 Å². The highest BCUT2D eigenvalue weighted by Crippen LogP contribution is 2.22. The van der Waals surface area contributed by atoms with Gasteiger partial charge < -0.3 is 10.2 Å². The van der Waals surface area contributed by atoms with Crippen LogP contribution in [-0.2, 0) is 11.2 Å². The first-order valence-corrected chi connectivity index (χ1v) is 8.12. The van der Waals surface area contributed by atoms with Crippen LogP contribution in [0.4, 0.5) is 0 Å². The number of amides is 2. The molecule has 1 aromatic rings. The van der Waals surface area contributed by atoms with E-state index in [9.17, 15) is 9.59 Å². The lowest BCUT2D eigenvalue weighted by Crippen LogP contribution is -2.39. The summed E-state index contributed by atoms with van der Waals surface area (Å²) in [6.07, 6.45) is 8.69. The number of carbonyl (C=O) groups is 2. The summed E-state index contributed by atoms with van der Waals surface area (Å²) in [6.45, 7) is 3.31. The molecule has 1 unspecified atom stereocenters. The summed E-state index contributed by atoms with van der Waals surface area (Å²) >= 11 is 0. The molecule has 1 N–H and O–H groups in total. The van der Waals surface area contributed by atoms with Gasteiger partial charge in [0.1, 0.15) is 0 Å². The largest absolute Gasteiger partial charge is 0.349 e. The summed E-state index contributed by atoms with van der Waals surface area (Å²) < 4.78 is 0. The summed E-state index contributed by atoms with van der Waals surface area (Å²) in [5.41, 5.74) is 1.72. The highest BCUT2D eigenvalue weighted by molar-refractivity contribution is 5.94. The van der Waals surface area contributed by atoms with E-state index in [0.29, 0.717) is 17.5 Å². The first-order valence-electron chi connectivity index (χ1n) is 8.12. The molecule has 2 fully saturated rings. The molecule has 0 spiro atoms. The number of likely N-dealkylation sites (tertiary alicyclic amines) is 1. The lowest BCUT2D eigenvalue weighted by atomic mass is 9.91. The first-order chi connectivity index (χ1) is 10.6. The van der Waals surface area contributed by atoms with Gasteiger partial charge in [0.05, 0.1) is 5.56 Å². The third-order valence-corrected chi connectivity index (χ3v) is 4.46. The van der Waals surface area contributed by atoms with Crippen LogP contribution in [0.25, 0.3) is 0 Å². The van der Waals surface area contributed by atoms with Crippen molar-refractivity contribution in [2.24, 2.45) is 5.92 Å². The topological polar surface area (TPSA) is 62.3 Å². The maximum atomic E-state index is 12.1. The summed E-state index contributed by atoms with van der Waals surface area (Å²) in [7, 11) is 0. The van der Waals surface area contributed by atoms with Crippen LogP contribution in [-0.4, -0.2) is 40.8 Å². The van der Waals surface area contributed by atoms with E-state index in [1.807, 2.05) is 17.2 Å². The van der Waals surface area contributed by atoms with Crippen molar-refractivity contribution in [3.05, 3.63) is 29.6 Å². The Morgan fingerprint density at radius 3 is 2.86 bits per heavy atom. The average molecular weight is 301 g/mol. The molecule has 0 radical (unpaired) electrons. The van der Waals surface area contributed by atoms with Gasteiger partial charge in [-0.25, -0.2) is 0 Å². The van der Waals surface area contributed by atoms with Crippen molar-refractivity contribution in [3.63, 3.8) is 0 Å². The second kappa shape index (κ2) is 6.46. The van der Waals surface area contributed by atoms with Crippen molar-refractivity contribution in [2.75, 3.05) is 13.1 Å². The Bertz CT molecular complexity index is 569. The van der Waals surface area contributed by atoms with Crippen molar-refractivity contribution in [3.8, 4) is 0 Å². The van der Waals surface area contributed by atoms with E-state index in [1.165, 1.54) is 0 Å². The maximum absolute atomic E-state index is 12.1. The molecule has 5 heteroatoms. The number of aromatic nitrogens is 1. The monoisotopic (exact) mass is 301 g/mol. The van der Waals surface area contributed by atoms with E-state index >= 15 is 0 Å². The Hall–Kier alpha value is -1.91. The first kappa shape index (κ1) is 15.0. The van der Waals surface area contributed by atoms with Gasteiger partial charge in [-0.1, -0.05) is 0 Å². The molecule has 1 saturated carbocycles. The minimum Gasteiger partial charge on any atom is -0.349 e.